The monoisotopic (exact) mass is 309 g/mol. The molecule has 0 bridgehead atoms. The first-order valence-electron chi connectivity index (χ1n) is 5.81. The Morgan fingerprint density at radius 1 is 1.33 bits per heavy atom. The van der Waals surface area contributed by atoms with Crippen LogP contribution in [0.1, 0.15) is 28.9 Å². The summed E-state index contributed by atoms with van der Waals surface area (Å²) >= 11 is 3.49. The van der Waals surface area contributed by atoms with Gasteiger partial charge < -0.3 is 15.3 Å². The third kappa shape index (κ3) is 2.51. The molecule has 0 saturated carbocycles. The molecule has 3 N–H and O–H groups in total. The maximum absolute atomic E-state index is 10.4. The number of benzene rings is 1. The second-order valence-corrected chi connectivity index (χ2v) is 5.13. The molecule has 0 aliphatic heterocycles. The number of aryl methyl sites for hydroxylation is 1. The lowest BCUT2D eigenvalue weighted by atomic mass is 9.91. The number of rotatable bonds is 4. The number of aliphatic hydroxyl groups excluding tert-OH is 1. The zero-order valence-corrected chi connectivity index (χ0v) is 11.7. The van der Waals surface area contributed by atoms with Gasteiger partial charge in [-0.1, -0.05) is 34.1 Å². The van der Waals surface area contributed by atoms with E-state index in [1.807, 2.05) is 37.3 Å². The second kappa shape index (κ2) is 5.69. The Balaban J connectivity index is 2.35. The van der Waals surface area contributed by atoms with Gasteiger partial charge in [-0.15, -0.1) is 0 Å². The molecule has 1 aromatic heterocycles. The van der Waals surface area contributed by atoms with Crippen molar-refractivity contribution in [2.24, 2.45) is 5.73 Å². The summed E-state index contributed by atoms with van der Waals surface area (Å²) in [7, 11) is 0. The molecule has 2 atom stereocenters. The predicted octanol–water partition coefficient (Wildman–Crippen LogP) is 3.13. The molecule has 3 nitrogen and oxygen atoms in total. The van der Waals surface area contributed by atoms with Gasteiger partial charge in [-0.3, -0.25) is 0 Å². The molecule has 2 rings (SSSR count). The highest BCUT2D eigenvalue weighted by molar-refractivity contribution is 9.10. The van der Waals surface area contributed by atoms with Crippen LogP contribution >= 0.6 is 15.9 Å². The molecule has 1 aromatic carbocycles. The van der Waals surface area contributed by atoms with E-state index in [4.69, 9.17) is 10.2 Å². The number of nitrogens with two attached hydrogens (primary N) is 1. The van der Waals surface area contributed by atoms with Gasteiger partial charge in [-0.25, -0.2) is 0 Å². The van der Waals surface area contributed by atoms with E-state index in [0.717, 1.165) is 15.6 Å². The van der Waals surface area contributed by atoms with Crippen molar-refractivity contribution in [1.82, 2.24) is 0 Å². The van der Waals surface area contributed by atoms with Crippen LogP contribution in [0.4, 0.5) is 0 Å². The third-order valence-corrected chi connectivity index (χ3v) is 3.83. The number of aliphatic hydroxyl groups is 1. The van der Waals surface area contributed by atoms with Gasteiger partial charge >= 0.3 is 0 Å². The van der Waals surface area contributed by atoms with E-state index in [9.17, 15) is 5.11 Å². The summed E-state index contributed by atoms with van der Waals surface area (Å²) in [5.41, 5.74) is 7.74. The molecular weight excluding hydrogens is 294 g/mol. The standard InChI is InChI=1S/C14H16BrNO2/c1-9-6-7-18-14(9)13(17)11(8-16)10-4-2-3-5-12(10)15/h2-7,11,13,17H,8,16H2,1H3. The Labute approximate surface area is 115 Å². The van der Waals surface area contributed by atoms with Crippen LogP contribution < -0.4 is 5.73 Å². The van der Waals surface area contributed by atoms with Crippen LogP contribution in [-0.4, -0.2) is 11.7 Å². The van der Waals surface area contributed by atoms with Crippen LogP contribution in [0.15, 0.2) is 45.5 Å². The Morgan fingerprint density at radius 3 is 2.61 bits per heavy atom. The minimum atomic E-state index is -0.733. The summed E-state index contributed by atoms with van der Waals surface area (Å²) in [5, 5.41) is 10.4. The Morgan fingerprint density at radius 2 is 2.06 bits per heavy atom. The number of furan rings is 1. The normalized spacial score (nSPS) is 14.4. The van der Waals surface area contributed by atoms with Crippen molar-refractivity contribution >= 4 is 15.9 Å². The van der Waals surface area contributed by atoms with Crippen molar-refractivity contribution in [3.63, 3.8) is 0 Å². The van der Waals surface area contributed by atoms with Crippen molar-refractivity contribution in [2.75, 3.05) is 6.54 Å². The van der Waals surface area contributed by atoms with Crippen molar-refractivity contribution in [2.45, 2.75) is 18.9 Å². The highest BCUT2D eigenvalue weighted by Gasteiger charge is 2.26. The molecule has 1 heterocycles. The maximum atomic E-state index is 10.4. The highest BCUT2D eigenvalue weighted by atomic mass is 79.9. The fourth-order valence-electron chi connectivity index (χ4n) is 2.07. The molecule has 2 aromatic rings. The van der Waals surface area contributed by atoms with E-state index in [2.05, 4.69) is 15.9 Å². The van der Waals surface area contributed by atoms with E-state index >= 15 is 0 Å². The minimum Gasteiger partial charge on any atom is -0.466 e. The van der Waals surface area contributed by atoms with E-state index in [1.54, 1.807) is 6.26 Å². The molecule has 18 heavy (non-hydrogen) atoms. The third-order valence-electron chi connectivity index (χ3n) is 3.11. The smallest absolute Gasteiger partial charge is 0.135 e. The molecule has 0 radical (unpaired) electrons. The van der Waals surface area contributed by atoms with Gasteiger partial charge in [0.1, 0.15) is 11.9 Å². The fraction of sp³-hybridized carbons (Fsp3) is 0.286. The quantitative estimate of drug-likeness (QED) is 0.912. The van der Waals surface area contributed by atoms with Crippen LogP contribution in [0, 0.1) is 6.92 Å². The van der Waals surface area contributed by atoms with Gasteiger partial charge in [0.25, 0.3) is 0 Å². The lowest BCUT2D eigenvalue weighted by Gasteiger charge is -2.22. The predicted molar refractivity (Wildman–Crippen MR) is 74.3 cm³/mol. The lowest BCUT2D eigenvalue weighted by Crippen LogP contribution is -2.20. The fourth-order valence-corrected chi connectivity index (χ4v) is 2.65. The summed E-state index contributed by atoms with van der Waals surface area (Å²) in [5.74, 6) is 0.395. The van der Waals surface area contributed by atoms with E-state index in [0.29, 0.717) is 12.3 Å². The summed E-state index contributed by atoms with van der Waals surface area (Å²) in [6, 6.07) is 9.62. The van der Waals surface area contributed by atoms with E-state index < -0.39 is 6.10 Å². The average molecular weight is 310 g/mol. The molecule has 4 heteroatoms. The largest absolute Gasteiger partial charge is 0.466 e. The van der Waals surface area contributed by atoms with Crippen molar-refractivity contribution in [3.8, 4) is 0 Å². The Kier molecular flexibility index (Phi) is 4.22. The van der Waals surface area contributed by atoms with Crippen molar-refractivity contribution < 1.29 is 9.52 Å². The molecule has 0 spiro atoms. The summed E-state index contributed by atoms with van der Waals surface area (Å²) in [6.07, 6.45) is 0.852. The molecule has 0 fully saturated rings. The van der Waals surface area contributed by atoms with Crippen LogP contribution in [0.5, 0.6) is 0 Å². The average Bonchev–Trinajstić information content (AvgIpc) is 2.78. The van der Waals surface area contributed by atoms with Gasteiger partial charge in [0.05, 0.1) is 6.26 Å². The van der Waals surface area contributed by atoms with Crippen LogP contribution in [0.2, 0.25) is 0 Å². The minimum absolute atomic E-state index is 0.189. The zero-order valence-electron chi connectivity index (χ0n) is 10.1. The van der Waals surface area contributed by atoms with Gasteiger partial charge in [0.2, 0.25) is 0 Å². The Hall–Kier alpha value is -1.10. The van der Waals surface area contributed by atoms with Gasteiger partial charge in [0.15, 0.2) is 0 Å². The second-order valence-electron chi connectivity index (χ2n) is 4.28. The van der Waals surface area contributed by atoms with Crippen LogP contribution in [0.25, 0.3) is 0 Å². The highest BCUT2D eigenvalue weighted by Crippen LogP contribution is 2.35. The van der Waals surface area contributed by atoms with E-state index in [1.165, 1.54) is 0 Å². The number of hydrogen-bond donors (Lipinski definition) is 2. The van der Waals surface area contributed by atoms with Gasteiger partial charge in [-0.05, 0) is 30.2 Å². The zero-order chi connectivity index (χ0) is 13.1. The number of halogens is 1. The summed E-state index contributed by atoms with van der Waals surface area (Å²) in [6.45, 7) is 2.26. The maximum Gasteiger partial charge on any atom is 0.135 e. The van der Waals surface area contributed by atoms with Crippen LogP contribution in [-0.2, 0) is 0 Å². The molecular formula is C14H16BrNO2. The molecule has 2 unspecified atom stereocenters. The number of hydrogen-bond acceptors (Lipinski definition) is 3. The molecule has 96 valence electrons. The first-order chi connectivity index (χ1) is 8.65. The molecule has 0 amide bonds. The summed E-state index contributed by atoms with van der Waals surface area (Å²) < 4.78 is 6.30. The first-order valence-corrected chi connectivity index (χ1v) is 6.61. The summed E-state index contributed by atoms with van der Waals surface area (Å²) in [4.78, 5) is 0. The topological polar surface area (TPSA) is 59.4 Å². The molecule has 0 aliphatic carbocycles. The molecule has 0 aliphatic rings. The van der Waals surface area contributed by atoms with Gasteiger partial charge in [-0.2, -0.15) is 0 Å². The van der Waals surface area contributed by atoms with Gasteiger partial charge in [0, 0.05) is 16.9 Å². The molecule has 0 saturated heterocycles. The lowest BCUT2D eigenvalue weighted by molar-refractivity contribution is 0.121. The van der Waals surface area contributed by atoms with Crippen LogP contribution in [0.3, 0.4) is 0 Å². The van der Waals surface area contributed by atoms with Crippen molar-refractivity contribution in [1.29, 1.82) is 0 Å². The first kappa shape index (κ1) is 13.3. The Bertz CT molecular complexity index is 524. The van der Waals surface area contributed by atoms with E-state index in [-0.39, 0.29) is 5.92 Å². The van der Waals surface area contributed by atoms with Crippen molar-refractivity contribution in [3.05, 3.63) is 58.0 Å². The SMILES string of the molecule is Cc1ccoc1C(O)C(CN)c1ccccc1Br.